The van der Waals surface area contributed by atoms with Gasteiger partial charge in [-0.05, 0) is 25.0 Å². The van der Waals surface area contributed by atoms with E-state index in [2.05, 4.69) is 16.2 Å². The number of carbonyl (C=O) groups is 1. The molecule has 0 unspecified atom stereocenters. The van der Waals surface area contributed by atoms with E-state index in [0.717, 1.165) is 19.4 Å². The molecule has 1 atom stereocenters. The number of nitrogens with zero attached hydrogens (tertiary/aromatic N) is 2. The van der Waals surface area contributed by atoms with Crippen LogP contribution in [0, 0.1) is 12.3 Å². The molecule has 0 saturated carbocycles. The van der Waals surface area contributed by atoms with Crippen molar-refractivity contribution in [2.24, 2.45) is 0 Å². The number of terminal acetylenes is 1. The normalized spacial score (nSPS) is 16.7. The van der Waals surface area contributed by atoms with Crippen LogP contribution in [-0.2, 0) is 16.1 Å². The zero-order chi connectivity index (χ0) is 17.6. The molecule has 0 radical (unpaired) electrons. The summed E-state index contributed by atoms with van der Waals surface area (Å²) in [4.78, 5) is 29.3. The highest BCUT2D eigenvalue weighted by atomic mass is 32.2. The fraction of sp³-hybridized carbons (Fsp3) is 0.389. The van der Waals surface area contributed by atoms with E-state index >= 15 is 0 Å². The number of fused-ring (bicyclic) bond motifs is 1. The number of amides is 1. The number of thioether (sulfide) groups is 1. The molecular formula is C18H19N3O3S. The van der Waals surface area contributed by atoms with Crippen molar-refractivity contribution < 1.29 is 9.53 Å². The molecule has 0 spiro atoms. The number of ether oxygens (including phenoxy) is 1. The second kappa shape index (κ2) is 8.19. The van der Waals surface area contributed by atoms with Crippen LogP contribution >= 0.6 is 11.8 Å². The van der Waals surface area contributed by atoms with Gasteiger partial charge in [-0.2, -0.15) is 0 Å². The predicted molar refractivity (Wildman–Crippen MR) is 97.5 cm³/mol. The van der Waals surface area contributed by atoms with E-state index in [1.807, 2.05) is 12.1 Å². The molecule has 7 heteroatoms. The summed E-state index contributed by atoms with van der Waals surface area (Å²) in [5.41, 5.74) is 0.523. The van der Waals surface area contributed by atoms with Gasteiger partial charge in [0.1, 0.15) is 0 Å². The smallest absolute Gasteiger partial charge is 0.262 e. The van der Waals surface area contributed by atoms with Gasteiger partial charge in [-0.3, -0.25) is 14.2 Å². The van der Waals surface area contributed by atoms with Gasteiger partial charge in [0.15, 0.2) is 5.16 Å². The third-order valence-corrected chi connectivity index (χ3v) is 4.93. The Hall–Kier alpha value is -2.30. The summed E-state index contributed by atoms with van der Waals surface area (Å²) in [5, 5.41) is 3.71. The summed E-state index contributed by atoms with van der Waals surface area (Å²) in [6.45, 7) is 1.36. The molecule has 1 fully saturated rings. The highest BCUT2D eigenvalue weighted by molar-refractivity contribution is 7.99. The maximum atomic E-state index is 12.9. The maximum Gasteiger partial charge on any atom is 0.262 e. The van der Waals surface area contributed by atoms with E-state index < -0.39 is 0 Å². The van der Waals surface area contributed by atoms with Crippen LogP contribution in [0.2, 0.25) is 0 Å². The molecule has 6 nitrogen and oxygen atoms in total. The average Bonchev–Trinajstić information content (AvgIpc) is 3.14. The first-order valence-corrected chi connectivity index (χ1v) is 9.11. The Morgan fingerprint density at radius 1 is 1.48 bits per heavy atom. The monoisotopic (exact) mass is 357 g/mol. The Labute approximate surface area is 150 Å². The summed E-state index contributed by atoms with van der Waals surface area (Å²) in [6, 6.07) is 7.23. The van der Waals surface area contributed by atoms with Crippen LogP contribution in [0.25, 0.3) is 10.9 Å². The Morgan fingerprint density at radius 2 is 2.32 bits per heavy atom. The summed E-state index contributed by atoms with van der Waals surface area (Å²) in [7, 11) is 0. The van der Waals surface area contributed by atoms with E-state index in [4.69, 9.17) is 11.2 Å². The van der Waals surface area contributed by atoms with E-state index in [9.17, 15) is 9.59 Å². The minimum Gasteiger partial charge on any atom is -0.376 e. The zero-order valence-corrected chi connectivity index (χ0v) is 14.6. The second-order valence-electron chi connectivity index (χ2n) is 5.73. The molecule has 1 aliphatic heterocycles. The lowest BCUT2D eigenvalue weighted by molar-refractivity contribution is -0.118. The van der Waals surface area contributed by atoms with Crippen LogP contribution in [-0.4, -0.2) is 40.5 Å². The molecule has 0 aliphatic carbocycles. The molecule has 1 aliphatic rings. The Bertz CT molecular complexity index is 866. The number of carbonyl (C=O) groups excluding carboxylic acids is 1. The first kappa shape index (κ1) is 17.5. The van der Waals surface area contributed by atoms with Crippen molar-refractivity contribution in [1.29, 1.82) is 0 Å². The van der Waals surface area contributed by atoms with E-state index in [1.165, 1.54) is 11.8 Å². The van der Waals surface area contributed by atoms with Gasteiger partial charge < -0.3 is 10.1 Å². The van der Waals surface area contributed by atoms with Gasteiger partial charge in [0.25, 0.3) is 5.56 Å². The third-order valence-electron chi connectivity index (χ3n) is 3.96. The van der Waals surface area contributed by atoms with Crippen molar-refractivity contribution in [3.63, 3.8) is 0 Å². The number of aromatic nitrogens is 2. The van der Waals surface area contributed by atoms with Crippen molar-refractivity contribution in [3.05, 3.63) is 34.6 Å². The lowest BCUT2D eigenvalue weighted by Gasteiger charge is -2.16. The molecule has 1 amide bonds. The van der Waals surface area contributed by atoms with E-state index in [-0.39, 0.29) is 29.9 Å². The molecule has 1 aromatic carbocycles. The standard InChI is InChI=1S/C18H19N3O3S/c1-2-9-19-16(22)12-25-18-20-15-8-4-3-7-14(15)17(23)21(18)11-13-6-5-10-24-13/h1,3-4,7-8,13H,5-6,9-12H2,(H,19,22)/t13-/m0/s1. The Balaban J connectivity index is 1.89. The topological polar surface area (TPSA) is 73.2 Å². The van der Waals surface area contributed by atoms with Crippen LogP contribution in [0.5, 0.6) is 0 Å². The molecule has 3 rings (SSSR count). The molecule has 1 N–H and O–H groups in total. The summed E-state index contributed by atoms with van der Waals surface area (Å²) in [6.07, 6.45) is 7.07. The minimum atomic E-state index is -0.186. The van der Waals surface area contributed by atoms with Gasteiger partial charge in [-0.1, -0.05) is 29.8 Å². The van der Waals surface area contributed by atoms with E-state index in [0.29, 0.717) is 22.6 Å². The first-order chi connectivity index (χ1) is 12.2. The van der Waals surface area contributed by atoms with Crippen LogP contribution in [0.3, 0.4) is 0 Å². The van der Waals surface area contributed by atoms with E-state index in [1.54, 1.807) is 16.7 Å². The minimum absolute atomic E-state index is 0.00952. The number of nitrogens with one attached hydrogen (secondary N) is 1. The van der Waals surface area contributed by atoms with Crippen LogP contribution in [0.1, 0.15) is 12.8 Å². The quantitative estimate of drug-likeness (QED) is 0.481. The fourth-order valence-corrected chi connectivity index (χ4v) is 3.58. The molecular weight excluding hydrogens is 338 g/mol. The van der Waals surface area contributed by atoms with Gasteiger partial charge in [0.2, 0.25) is 5.91 Å². The number of para-hydroxylation sites is 1. The van der Waals surface area contributed by atoms with Crippen molar-refractivity contribution >= 4 is 28.6 Å². The Morgan fingerprint density at radius 3 is 3.08 bits per heavy atom. The highest BCUT2D eigenvalue weighted by Crippen LogP contribution is 2.20. The molecule has 2 aromatic rings. The summed E-state index contributed by atoms with van der Waals surface area (Å²) >= 11 is 1.23. The van der Waals surface area contributed by atoms with Crippen molar-refractivity contribution in [1.82, 2.24) is 14.9 Å². The molecule has 1 aromatic heterocycles. The molecule has 25 heavy (non-hydrogen) atoms. The van der Waals surface area contributed by atoms with Gasteiger partial charge in [0, 0.05) is 6.61 Å². The van der Waals surface area contributed by atoms with Crippen LogP contribution in [0.15, 0.2) is 34.2 Å². The lowest BCUT2D eigenvalue weighted by Crippen LogP contribution is -2.30. The average molecular weight is 357 g/mol. The number of hydrogen-bond acceptors (Lipinski definition) is 5. The lowest BCUT2D eigenvalue weighted by atomic mass is 10.2. The van der Waals surface area contributed by atoms with Gasteiger partial charge >= 0.3 is 0 Å². The number of hydrogen-bond donors (Lipinski definition) is 1. The SMILES string of the molecule is C#CCNC(=O)CSc1nc2ccccc2c(=O)n1C[C@@H]1CCCO1. The third kappa shape index (κ3) is 4.21. The maximum absolute atomic E-state index is 12.9. The summed E-state index contributed by atoms with van der Waals surface area (Å²) in [5.74, 6) is 2.33. The van der Waals surface area contributed by atoms with Crippen LogP contribution in [0.4, 0.5) is 0 Å². The number of benzene rings is 1. The van der Waals surface area contributed by atoms with Gasteiger partial charge in [-0.25, -0.2) is 4.98 Å². The largest absolute Gasteiger partial charge is 0.376 e. The first-order valence-electron chi connectivity index (χ1n) is 8.13. The van der Waals surface area contributed by atoms with Crippen LogP contribution < -0.4 is 10.9 Å². The summed E-state index contributed by atoms with van der Waals surface area (Å²) < 4.78 is 7.28. The Kier molecular flexibility index (Phi) is 5.74. The fourth-order valence-electron chi connectivity index (χ4n) is 2.74. The van der Waals surface area contributed by atoms with Crippen molar-refractivity contribution in [3.8, 4) is 12.3 Å². The highest BCUT2D eigenvalue weighted by Gasteiger charge is 2.20. The zero-order valence-electron chi connectivity index (χ0n) is 13.7. The van der Waals surface area contributed by atoms with Gasteiger partial charge in [0.05, 0.1) is 35.8 Å². The molecule has 130 valence electrons. The number of rotatable bonds is 6. The van der Waals surface area contributed by atoms with Gasteiger partial charge in [-0.15, -0.1) is 6.42 Å². The van der Waals surface area contributed by atoms with Crippen molar-refractivity contribution in [2.45, 2.75) is 30.6 Å². The predicted octanol–water partition coefficient (Wildman–Crippen LogP) is 1.42. The molecule has 1 saturated heterocycles. The second-order valence-corrected chi connectivity index (χ2v) is 6.67. The van der Waals surface area contributed by atoms with Crippen molar-refractivity contribution in [2.75, 3.05) is 18.9 Å². The molecule has 2 heterocycles. The molecule has 0 bridgehead atoms.